The Balaban J connectivity index is 0.000000371. The fourth-order valence-electron chi connectivity index (χ4n) is 3.97. The van der Waals surface area contributed by atoms with Gasteiger partial charge in [0.15, 0.2) is 0 Å². The number of fused-ring (bicyclic) bond motifs is 2. The molecule has 2 bridgehead atoms. The van der Waals surface area contributed by atoms with E-state index in [1.54, 1.807) is 24.3 Å². The lowest BCUT2D eigenvalue weighted by Crippen LogP contribution is -2.60. The maximum Gasteiger partial charge on any atom is 0.415 e. The summed E-state index contributed by atoms with van der Waals surface area (Å²) in [4.78, 5) is 35.9. The van der Waals surface area contributed by atoms with Crippen molar-refractivity contribution in [3.63, 3.8) is 0 Å². The van der Waals surface area contributed by atoms with Crippen LogP contribution in [0.5, 0.6) is 5.75 Å². The van der Waals surface area contributed by atoms with Crippen molar-refractivity contribution in [2.45, 2.75) is 31.3 Å². The molecule has 2 N–H and O–H groups in total. The molecule has 10 heteroatoms. The van der Waals surface area contributed by atoms with Crippen molar-refractivity contribution in [2.75, 3.05) is 20.1 Å². The molecule has 2 aliphatic rings. The Kier molecular flexibility index (Phi) is 9.08. The number of aliphatic carboxylic acids is 2. The highest BCUT2D eigenvalue weighted by molar-refractivity contribution is 5.89. The summed E-state index contributed by atoms with van der Waals surface area (Å²) >= 11 is 0. The van der Waals surface area contributed by atoms with Crippen LogP contribution in [-0.2, 0) is 9.59 Å². The van der Waals surface area contributed by atoms with Crippen LogP contribution >= 0.6 is 0 Å². The van der Waals surface area contributed by atoms with Crippen molar-refractivity contribution in [3.8, 4) is 5.75 Å². The van der Waals surface area contributed by atoms with E-state index in [-0.39, 0.29) is 6.09 Å². The van der Waals surface area contributed by atoms with Crippen LogP contribution in [0.1, 0.15) is 19.3 Å². The van der Waals surface area contributed by atoms with Gasteiger partial charge in [0, 0.05) is 37.3 Å². The molecule has 2 aromatic carbocycles. The smallest absolute Gasteiger partial charge is 0.415 e. The zero-order valence-electron chi connectivity index (χ0n) is 19.4. The minimum atomic E-state index is -1.26. The number of carboxylic acid groups (broad SMARTS) is 2. The van der Waals surface area contributed by atoms with Crippen LogP contribution in [0.2, 0.25) is 0 Å². The first-order valence-corrected chi connectivity index (χ1v) is 11.2. The molecular formula is C25H28N4O6. The number of benzene rings is 2. The number of carboxylic acids is 2. The van der Waals surface area contributed by atoms with Crippen LogP contribution in [-0.4, -0.2) is 70.3 Å². The van der Waals surface area contributed by atoms with Gasteiger partial charge in [-0.1, -0.05) is 24.6 Å². The van der Waals surface area contributed by atoms with E-state index in [4.69, 9.17) is 14.9 Å². The molecule has 2 unspecified atom stereocenters. The van der Waals surface area contributed by atoms with Gasteiger partial charge in [0.05, 0.1) is 11.4 Å². The van der Waals surface area contributed by atoms with Crippen LogP contribution < -0.4 is 4.74 Å². The minimum Gasteiger partial charge on any atom is -0.478 e. The van der Waals surface area contributed by atoms with E-state index in [9.17, 15) is 14.4 Å². The average Bonchev–Trinajstić information content (AvgIpc) is 2.83. The highest BCUT2D eigenvalue weighted by Gasteiger charge is 2.37. The van der Waals surface area contributed by atoms with Gasteiger partial charge in [0.1, 0.15) is 5.75 Å². The molecular weight excluding hydrogens is 452 g/mol. The van der Waals surface area contributed by atoms with E-state index >= 15 is 0 Å². The Labute approximate surface area is 203 Å². The van der Waals surface area contributed by atoms with Crippen molar-refractivity contribution in [1.29, 1.82) is 0 Å². The van der Waals surface area contributed by atoms with E-state index in [1.165, 1.54) is 6.42 Å². The van der Waals surface area contributed by atoms with Crippen molar-refractivity contribution in [2.24, 2.45) is 10.2 Å². The van der Waals surface area contributed by atoms with Gasteiger partial charge in [0.25, 0.3) is 0 Å². The number of carbonyl (C=O) groups is 3. The van der Waals surface area contributed by atoms with E-state index in [2.05, 4.69) is 22.2 Å². The van der Waals surface area contributed by atoms with Crippen LogP contribution in [0.3, 0.4) is 0 Å². The van der Waals surface area contributed by atoms with Crippen molar-refractivity contribution in [1.82, 2.24) is 9.80 Å². The van der Waals surface area contributed by atoms with Gasteiger partial charge in [-0.2, -0.15) is 10.2 Å². The average molecular weight is 481 g/mol. The third kappa shape index (κ3) is 8.04. The topological polar surface area (TPSA) is 132 Å². The molecule has 184 valence electrons. The fraction of sp³-hybridized carbons (Fsp3) is 0.320. The van der Waals surface area contributed by atoms with Crippen molar-refractivity contribution in [3.05, 3.63) is 66.7 Å². The zero-order chi connectivity index (χ0) is 25.2. The van der Waals surface area contributed by atoms with Gasteiger partial charge in [-0.05, 0) is 56.3 Å². The highest BCUT2D eigenvalue weighted by atomic mass is 16.6. The van der Waals surface area contributed by atoms with E-state index in [1.807, 2.05) is 35.2 Å². The van der Waals surface area contributed by atoms with Crippen molar-refractivity contribution < 1.29 is 29.3 Å². The lowest BCUT2D eigenvalue weighted by atomic mass is 9.92. The molecule has 2 aliphatic heterocycles. The number of nitrogens with zero attached hydrogens (tertiary/aromatic N) is 4. The van der Waals surface area contributed by atoms with Gasteiger partial charge >= 0.3 is 18.0 Å². The Morgan fingerprint density at radius 3 is 1.89 bits per heavy atom. The van der Waals surface area contributed by atoms with E-state index in [0.29, 0.717) is 35.7 Å². The number of hydrogen-bond donors (Lipinski definition) is 2. The zero-order valence-corrected chi connectivity index (χ0v) is 19.4. The number of rotatable bonds is 5. The summed E-state index contributed by atoms with van der Waals surface area (Å²) in [6.07, 6.45) is 4.40. The van der Waals surface area contributed by atoms with Crippen LogP contribution in [0.25, 0.3) is 0 Å². The maximum atomic E-state index is 12.5. The lowest BCUT2D eigenvalue weighted by molar-refractivity contribution is -0.134. The van der Waals surface area contributed by atoms with Gasteiger partial charge in [0.2, 0.25) is 0 Å². The number of piperazine rings is 1. The van der Waals surface area contributed by atoms with Gasteiger partial charge in [-0.25, -0.2) is 14.4 Å². The number of likely N-dealkylation sites (N-methyl/N-ethyl adjacent to an activating group) is 1. The number of azo groups is 1. The van der Waals surface area contributed by atoms with Crippen molar-refractivity contribution >= 4 is 29.4 Å². The normalized spacial score (nSPS) is 19.7. The van der Waals surface area contributed by atoms with Gasteiger partial charge in [-0.15, -0.1) is 0 Å². The molecule has 2 heterocycles. The molecule has 35 heavy (non-hydrogen) atoms. The Bertz CT molecular complexity index is 1040. The largest absolute Gasteiger partial charge is 0.478 e. The third-order valence-electron chi connectivity index (χ3n) is 5.79. The quantitative estimate of drug-likeness (QED) is 0.476. The third-order valence-corrected chi connectivity index (χ3v) is 5.79. The first kappa shape index (κ1) is 25.6. The Morgan fingerprint density at radius 2 is 1.37 bits per heavy atom. The molecule has 2 saturated heterocycles. The maximum absolute atomic E-state index is 12.5. The number of piperidine rings is 1. The number of hydrogen-bond acceptors (Lipinski definition) is 7. The van der Waals surface area contributed by atoms with Crippen LogP contribution in [0.4, 0.5) is 16.2 Å². The molecule has 1 amide bonds. The number of amides is 1. The summed E-state index contributed by atoms with van der Waals surface area (Å²) in [6, 6.07) is 17.6. The molecule has 0 spiro atoms. The van der Waals surface area contributed by atoms with Gasteiger partial charge in [-0.3, -0.25) is 4.90 Å². The number of carbonyl (C=O) groups excluding carboxylic acids is 1. The molecule has 2 aromatic rings. The van der Waals surface area contributed by atoms with E-state index < -0.39 is 11.9 Å². The molecule has 0 aromatic heterocycles. The first-order chi connectivity index (χ1) is 16.8. The summed E-state index contributed by atoms with van der Waals surface area (Å²) in [6.45, 7) is 1.49. The summed E-state index contributed by atoms with van der Waals surface area (Å²) in [5.74, 6) is -1.98. The molecule has 10 nitrogen and oxygen atoms in total. The molecule has 4 rings (SSSR count). The van der Waals surface area contributed by atoms with E-state index in [0.717, 1.165) is 31.6 Å². The molecule has 0 radical (unpaired) electrons. The second-order valence-electron chi connectivity index (χ2n) is 8.22. The summed E-state index contributed by atoms with van der Waals surface area (Å²) in [5.41, 5.74) is 1.52. The Hall–Kier alpha value is -4.05. The predicted octanol–water partition coefficient (Wildman–Crippen LogP) is 4.48. The summed E-state index contributed by atoms with van der Waals surface area (Å²) in [7, 11) is 2.17. The predicted molar refractivity (Wildman–Crippen MR) is 128 cm³/mol. The second-order valence-corrected chi connectivity index (χ2v) is 8.22. The fourth-order valence-corrected chi connectivity index (χ4v) is 3.97. The molecule has 0 aliphatic carbocycles. The SMILES string of the molecule is CN1C2CCCC1CN(C(=O)Oc1ccc(N=Nc3ccccc3)cc1)C2.O=C(O)/C=C/C(=O)O. The highest BCUT2D eigenvalue weighted by Crippen LogP contribution is 2.28. The second kappa shape index (κ2) is 12.4. The monoisotopic (exact) mass is 480 g/mol. The number of ether oxygens (including phenoxy) is 1. The van der Waals surface area contributed by atoms with Crippen LogP contribution in [0.15, 0.2) is 77.0 Å². The molecule has 2 fully saturated rings. The Morgan fingerprint density at radius 1 is 0.857 bits per heavy atom. The molecule has 0 saturated carbocycles. The van der Waals surface area contributed by atoms with Gasteiger partial charge < -0.3 is 19.8 Å². The minimum absolute atomic E-state index is 0.265. The molecule has 2 atom stereocenters. The lowest BCUT2D eigenvalue weighted by Gasteiger charge is -2.47. The van der Waals surface area contributed by atoms with Crippen LogP contribution in [0, 0.1) is 0 Å². The summed E-state index contributed by atoms with van der Waals surface area (Å²) in [5, 5.41) is 24.0. The first-order valence-electron chi connectivity index (χ1n) is 11.2. The number of likely N-dealkylation sites (tertiary alicyclic amines) is 1. The standard InChI is InChI=1S/C21H24N4O2.C4H4O4/c1-24-18-8-5-9-19(24)15-25(14-18)21(26)27-20-12-10-17(11-13-20)23-22-16-6-3-2-4-7-16;5-3(6)1-2-4(7)8/h2-4,6-7,10-13,18-19H,5,8-9,14-15H2,1H3;1-2H,(H,5,6)(H,7,8)/b;2-1+. The summed E-state index contributed by atoms with van der Waals surface area (Å²) < 4.78 is 5.57.